The van der Waals surface area contributed by atoms with Crippen molar-refractivity contribution in [3.05, 3.63) is 35.4 Å². The van der Waals surface area contributed by atoms with Crippen molar-refractivity contribution >= 4 is 17.7 Å². The SMILES string of the molecule is NC(=O)C1CCC(NC2CSCc3ccccc32)CC1. The number of carbonyl (C=O) groups is 1. The zero-order valence-electron chi connectivity index (χ0n) is 11.7. The van der Waals surface area contributed by atoms with Crippen LogP contribution < -0.4 is 11.1 Å². The third-order valence-corrected chi connectivity index (χ3v) is 5.62. The van der Waals surface area contributed by atoms with E-state index in [-0.39, 0.29) is 11.8 Å². The summed E-state index contributed by atoms with van der Waals surface area (Å²) in [4.78, 5) is 11.2. The van der Waals surface area contributed by atoms with Crippen LogP contribution in [0.3, 0.4) is 0 Å². The van der Waals surface area contributed by atoms with Gasteiger partial charge in [-0.1, -0.05) is 24.3 Å². The molecule has 2 aliphatic rings. The lowest BCUT2D eigenvalue weighted by Gasteiger charge is -2.33. The molecule has 0 bridgehead atoms. The number of hydrogen-bond donors (Lipinski definition) is 2. The molecular formula is C16H22N2OS. The number of nitrogens with two attached hydrogens (primary N) is 1. The third kappa shape index (κ3) is 3.01. The molecule has 108 valence electrons. The maximum Gasteiger partial charge on any atom is 0.220 e. The van der Waals surface area contributed by atoms with Crippen molar-refractivity contribution < 1.29 is 4.79 Å². The predicted octanol–water partition coefficient (Wildman–Crippen LogP) is 2.61. The van der Waals surface area contributed by atoms with E-state index in [9.17, 15) is 4.79 Å². The summed E-state index contributed by atoms with van der Waals surface area (Å²) in [7, 11) is 0. The molecule has 4 heteroatoms. The first-order valence-corrected chi connectivity index (χ1v) is 8.60. The molecule has 1 aliphatic carbocycles. The van der Waals surface area contributed by atoms with E-state index in [1.807, 2.05) is 11.8 Å². The first-order valence-electron chi connectivity index (χ1n) is 7.45. The number of carbonyl (C=O) groups excluding carboxylic acids is 1. The number of amides is 1. The van der Waals surface area contributed by atoms with E-state index in [2.05, 4.69) is 29.6 Å². The summed E-state index contributed by atoms with van der Waals surface area (Å²) in [6.45, 7) is 0. The fourth-order valence-corrected chi connectivity index (χ4v) is 4.46. The molecule has 3 N–H and O–H groups in total. The Labute approximate surface area is 124 Å². The van der Waals surface area contributed by atoms with E-state index in [0.717, 1.165) is 37.2 Å². The Morgan fingerprint density at radius 1 is 1.20 bits per heavy atom. The number of primary amides is 1. The predicted molar refractivity (Wildman–Crippen MR) is 83.4 cm³/mol. The first-order chi connectivity index (χ1) is 9.74. The number of rotatable bonds is 3. The van der Waals surface area contributed by atoms with Gasteiger partial charge in [-0.2, -0.15) is 11.8 Å². The Hall–Kier alpha value is -1.00. The average molecular weight is 290 g/mol. The molecule has 3 nitrogen and oxygen atoms in total. The Balaban J connectivity index is 1.61. The maximum atomic E-state index is 11.2. The monoisotopic (exact) mass is 290 g/mol. The first kappa shape index (κ1) is 14.0. The second-order valence-corrected chi connectivity index (χ2v) is 6.91. The van der Waals surface area contributed by atoms with Crippen molar-refractivity contribution in [2.75, 3.05) is 5.75 Å². The minimum Gasteiger partial charge on any atom is -0.369 e. The quantitative estimate of drug-likeness (QED) is 0.899. The number of fused-ring (bicyclic) bond motifs is 1. The van der Waals surface area contributed by atoms with E-state index >= 15 is 0 Å². The molecule has 1 heterocycles. The Bertz CT molecular complexity index is 483. The van der Waals surface area contributed by atoms with E-state index in [0.29, 0.717) is 12.1 Å². The molecule has 3 rings (SSSR count). The molecule has 0 saturated heterocycles. The van der Waals surface area contributed by atoms with Crippen molar-refractivity contribution in [1.82, 2.24) is 5.32 Å². The summed E-state index contributed by atoms with van der Waals surface area (Å²) < 4.78 is 0. The van der Waals surface area contributed by atoms with Crippen LogP contribution in [0.4, 0.5) is 0 Å². The molecule has 0 aromatic heterocycles. The highest BCUT2D eigenvalue weighted by Crippen LogP contribution is 2.33. The molecule has 0 radical (unpaired) electrons. The molecule has 1 saturated carbocycles. The van der Waals surface area contributed by atoms with Crippen LogP contribution in [-0.2, 0) is 10.5 Å². The van der Waals surface area contributed by atoms with Crippen LogP contribution in [0.5, 0.6) is 0 Å². The number of nitrogens with one attached hydrogen (secondary N) is 1. The van der Waals surface area contributed by atoms with E-state index in [1.54, 1.807) is 0 Å². The van der Waals surface area contributed by atoms with Gasteiger partial charge in [0.15, 0.2) is 0 Å². The smallest absolute Gasteiger partial charge is 0.220 e. The second-order valence-electron chi connectivity index (χ2n) is 5.88. The van der Waals surface area contributed by atoms with Crippen LogP contribution in [-0.4, -0.2) is 17.7 Å². The van der Waals surface area contributed by atoms with Crippen molar-refractivity contribution in [2.24, 2.45) is 11.7 Å². The van der Waals surface area contributed by atoms with Gasteiger partial charge in [-0.25, -0.2) is 0 Å². The van der Waals surface area contributed by atoms with Gasteiger partial charge < -0.3 is 11.1 Å². The van der Waals surface area contributed by atoms with Crippen molar-refractivity contribution in [1.29, 1.82) is 0 Å². The Morgan fingerprint density at radius 3 is 2.70 bits per heavy atom. The lowest BCUT2D eigenvalue weighted by Crippen LogP contribution is -2.40. The van der Waals surface area contributed by atoms with Crippen molar-refractivity contribution in [2.45, 2.75) is 43.5 Å². The van der Waals surface area contributed by atoms with E-state index in [4.69, 9.17) is 5.73 Å². The molecule has 0 spiro atoms. The summed E-state index contributed by atoms with van der Waals surface area (Å²) in [5.41, 5.74) is 8.32. The van der Waals surface area contributed by atoms with Gasteiger partial charge in [-0.15, -0.1) is 0 Å². The standard InChI is InChI=1S/C16H22N2OS/c17-16(19)11-5-7-13(8-6-11)18-15-10-20-9-12-3-1-2-4-14(12)15/h1-4,11,13,15,18H,5-10H2,(H2,17,19). The molecule has 1 aliphatic heterocycles. The van der Waals surface area contributed by atoms with Crippen LogP contribution in [0.2, 0.25) is 0 Å². The van der Waals surface area contributed by atoms with E-state index < -0.39 is 0 Å². The minimum absolute atomic E-state index is 0.0982. The Morgan fingerprint density at radius 2 is 1.95 bits per heavy atom. The summed E-state index contributed by atoms with van der Waals surface area (Å²) in [5, 5.41) is 3.80. The van der Waals surface area contributed by atoms with Gasteiger partial charge >= 0.3 is 0 Å². The normalized spacial score (nSPS) is 29.7. The van der Waals surface area contributed by atoms with Gasteiger partial charge in [-0.05, 0) is 36.8 Å². The molecule has 1 amide bonds. The number of hydrogen-bond acceptors (Lipinski definition) is 3. The van der Waals surface area contributed by atoms with Crippen molar-refractivity contribution in [3.8, 4) is 0 Å². The average Bonchev–Trinajstić information content (AvgIpc) is 2.48. The van der Waals surface area contributed by atoms with Gasteiger partial charge in [0.25, 0.3) is 0 Å². The van der Waals surface area contributed by atoms with Crippen LogP contribution >= 0.6 is 11.8 Å². The van der Waals surface area contributed by atoms with Gasteiger partial charge in [0.2, 0.25) is 5.91 Å². The highest BCUT2D eigenvalue weighted by atomic mass is 32.2. The summed E-state index contributed by atoms with van der Waals surface area (Å²) >= 11 is 2.00. The maximum absolute atomic E-state index is 11.2. The van der Waals surface area contributed by atoms with Crippen LogP contribution in [0.1, 0.15) is 42.9 Å². The molecule has 1 aromatic rings. The van der Waals surface area contributed by atoms with Crippen LogP contribution in [0, 0.1) is 5.92 Å². The summed E-state index contributed by atoms with van der Waals surface area (Å²) in [6.07, 6.45) is 4.01. The summed E-state index contributed by atoms with van der Waals surface area (Å²) in [5.74, 6) is 2.25. The third-order valence-electron chi connectivity index (χ3n) is 4.54. The van der Waals surface area contributed by atoms with Gasteiger partial charge in [0.05, 0.1) is 0 Å². The molecule has 20 heavy (non-hydrogen) atoms. The van der Waals surface area contributed by atoms with E-state index in [1.165, 1.54) is 11.1 Å². The van der Waals surface area contributed by atoms with Gasteiger partial charge in [0, 0.05) is 29.5 Å². The molecule has 1 atom stereocenters. The fourth-order valence-electron chi connectivity index (χ4n) is 3.35. The largest absolute Gasteiger partial charge is 0.369 e. The Kier molecular flexibility index (Phi) is 4.32. The van der Waals surface area contributed by atoms with Crippen LogP contribution in [0.15, 0.2) is 24.3 Å². The molecule has 1 aromatic carbocycles. The second kappa shape index (κ2) is 6.19. The lowest BCUT2D eigenvalue weighted by atomic mass is 9.85. The highest BCUT2D eigenvalue weighted by molar-refractivity contribution is 7.98. The molecule has 1 fully saturated rings. The zero-order valence-corrected chi connectivity index (χ0v) is 12.5. The fraction of sp³-hybridized carbons (Fsp3) is 0.562. The number of benzene rings is 1. The number of thioether (sulfide) groups is 1. The molecular weight excluding hydrogens is 268 g/mol. The van der Waals surface area contributed by atoms with Gasteiger partial charge in [-0.3, -0.25) is 4.79 Å². The minimum atomic E-state index is -0.123. The van der Waals surface area contributed by atoms with Crippen LogP contribution in [0.25, 0.3) is 0 Å². The molecule has 1 unspecified atom stereocenters. The topological polar surface area (TPSA) is 55.1 Å². The zero-order chi connectivity index (χ0) is 13.9. The lowest BCUT2D eigenvalue weighted by molar-refractivity contribution is -0.122. The highest BCUT2D eigenvalue weighted by Gasteiger charge is 2.28. The van der Waals surface area contributed by atoms with Crippen molar-refractivity contribution in [3.63, 3.8) is 0 Å². The summed E-state index contributed by atoms with van der Waals surface area (Å²) in [6, 6.07) is 9.73. The van der Waals surface area contributed by atoms with Gasteiger partial charge in [0.1, 0.15) is 0 Å².